The molecule has 3 aromatic rings. The van der Waals surface area contributed by atoms with Gasteiger partial charge in [-0.15, -0.1) is 0 Å². The number of hydrogen-bond donors (Lipinski definition) is 0. The van der Waals surface area contributed by atoms with E-state index in [-0.39, 0.29) is 41.1 Å². The average molecular weight is 500 g/mol. The summed E-state index contributed by atoms with van der Waals surface area (Å²) in [6.07, 6.45) is -0.844. The molecule has 1 aliphatic rings. The number of piperidine rings is 1. The fraction of sp³-hybridized carbons (Fsp3) is 0.462. The largest absolute Gasteiger partial charge is 0.493 e. The number of imidazole rings is 1. The average Bonchev–Trinajstić information content (AvgIpc) is 3.23. The van der Waals surface area contributed by atoms with Crippen LogP contribution in [0, 0.1) is 23.2 Å². The number of pyridine rings is 1. The summed E-state index contributed by atoms with van der Waals surface area (Å²) in [5.74, 6) is 0.162. The molecule has 3 heterocycles. The number of halogens is 3. The van der Waals surface area contributed by atoms with Crippen LogP contribution in [0.1, 0.15) is 44.4 Å². The third-order valence-electron chi connectivity index (χ3n) is 6.60. The van der Waals surface area contributed by atoms with E-state index in [4.69, 9.17) is 4.74 Å². The Kier molecular flexibility index (Phi) is 7.20. The first-order chi connectivity index (χ1) is 17.1. The Hall–Kier alpha value is -3.61. The molecule has 10 heteroatoms. The highest BCUT2D eigenvalue weighted by Crippen LogP contribution is 2.39. The van der Waals surface area contributed by atoms with E-state index in [2.05, 4.69) is 9.97 Å². The first-order valence-corrected chi connectivity index (χ1v) is 11.9. The third-order valence-corrected chi connectivity index (χ3v) is 6.60. The lowest BCUT2D eigenvalue weighted by Crippen LogP contribution is -2.40. The number of benzene rings is 1. The monoisotopic (exact) mass is 499 g/mol. The molecule has 36 heavy (non-hydrogen) atoms. The normalized spacial score (nSPS) is 14.9. The van der Waals surface area contributed by atoms with Crippen molar-refractivity contribution in [3.8, 4) is 23.1 Å². The predicted octanol–water partition coefficient (Wildman–Crippen LogP) is 5.19. The number of nitrogens with zero attached hydrogens (tertiary/aromatic N) is 5. The molecule has 2 aromatic heterocycles. The maximum atomic E-state index is 13.9. The number of alkyl halides is 3. The zero-order chi connectivity index (χ0) is 26.0. The number of aromatic nitrogens is 3. The van der Waals surface area contributed by atoms with Gasteiger partial charge in [0.15, 0.2) is 5.69 Å². The highest BCUT2D eigenvalue weighted by Gasteiger charge is 2.35. The van der Waals surface area contributed by atoms with Crippen LogP contribution >= 0.6 is 0 Å². The Bertz CT molecular complexity index is 1300. The molecule has 1 aliphatic heterocycles. The molecule has 0 bridgehead atoms. The molecular formula is C26H28F3N5O2. The first kappa shape index (κ1) is 25.5. The molecule has 0 unspecified atom stereocenters. The van der Waals surface area contributed by atoms with E-state index in [1.54, 1.807) is 17.7 Å². The molecule has 190 valence electrons. The van der Waals surface area contributed by atoms with Crippen molar-refractivity contribution in [1.29, 1.82) is 5.26 Å². The van der Waals surface area contributed by atoms with Crippen LogP contribution in [0.15, 0.2) is 30.6 Å². The fourth-order valence-electron chi connectivity index (χ4n) is 4.53. The summed E-state index contributed by atoms with van der Waals surface area (Å²) < 4.78 is 49.0. The molecule has 4 rings (SSSR count). The van der Waals surface area contributed by atoms with Gasteiger partial charge in [0, 0.05) is 31.6 Å². The number of ether oxygens (including phenoxy) is 1. The molecule has 0 N–H and O–H groups in total. The van der Waals surface area contributed by atoms with Crippen LogP contribution in [0.2, 0.25) is 0 Å². The molecule has 0 radical (unpaired) electrons. The van der Waals surface area contributed by atoms with E-state index in [9.17, 15) is 23.2 Å². The first-order valence-electron chi connectivity index (χ1n) is 11.9. The number of fused-ring (bicyclic) bond motifs is 1. The number of aryl methyl sites for hydroxylation is 1. The molecular weight excluding hydrogens is 471 g/mol. The van der Waals surface area contributed by atoms with Gasteiger partial charge < -0.3 is 14.2 Å². The van der Waals surface area contributed by atoms with Crippen LogP contribution < -0.4 is 4.74 Å². The number of carbonyl (C=O) groups excluding carboxylic acids is 1. The number of likely N-dealkylation sites (tertiary alicyclic amines) is 1. The van der Waals surface area contributed by atoms with Crippen molar-refractivity contribution in [3.05, 3.63) is 41.9 Å². The van der Waals surface area contributed by atoms with Gasteiger partial charge in [-0.25, -0.2) is 9.97 Å². The standard InChI is InChI=1S/C26H28F3N5O2/c1-16(2)25(35)34-9-6-17(7-10-34)8-11-36-23-5-4-18(12-19(23)26(27,28)29)20-13-22-24(21(14-30)32-20)31-15-33(22)3/h4-5,12-13,15-17H,6-11H2,1-3H3. The molecule has 1 fully saturated rings. The molecule has 1 aromatic carbocycles. The molecule has 0 spiro atoms. The summed E-state index contributed by atoms with van der Waals surface area (Å²) in [7, 11) is 1.74. The van der Waals surface area contributed by atoms with Gasteiger partial charge >= 0.3 is 6.18 Å². The Balaban J connectivity index is 1.48. The lowest BCUT2D eigenvalue weighted by atomic mass is 9.93. The van der Waals surface area contributed by atoms with Crippen molar-refractivity contribution < 1.29 is 22.7 Å². The predicted molar refractivity (Wildman–Crippen MR) is 128 cm³/mol. The molecule has 0 aliphatic carbocycles. The zero-order valence-corrected chi connectivity index (χ0v) is 20.5. The quantitative estimate of drug-likeness (QED) is 0.466. The van der Waals surface area contributed by atoms with Crippen LogP contribution in [-0.2, 0) is 18.0 Å². The summed E-state index contributed by atoms with van der Waals surface area (Å²) in [5, 5.41) is 9.43. The van der Waals surface area contributed by atoms with Crippen LogP contribution in [-0.4, -0.2) is 45.0 Å². The van der Waals surface area contributed by atoms with Crippen LogP contribution in [0.4, 0.5) is 13.2 Å². The van der Waals surface area contributed by atoms with Gasteiger partial charge in [-0.3, -0.25) is 4.79 Å². The van der Waals surface area contributed by atoms with Gasteiger partial charge in [0.05, 0.1) is 29.7 Å². The summed E-state index contributed by atoms with van der Waals surface area (Å²) in [6, 6.07) is 7.43. The van der Waals surface area contributed by atoms with Crippen molar-refractivity contribution in [2.75, 3.05) is 19.7 Å². The van der Waals surface area contributed by atoms with Crippen molar-refractivity contribution >= 4 is 16.9 Å². The van der Waals surface area contributed by atoms with E-state index in [1.165, 1.54) is 18.5 Å². The maximum absolute atomic E-state index is 13.9. The number of nitriles is 1. The second kappa shape index (κ2) is 10.2. The minimum absolute atomic E-state index is 0.0404. The van der Waals surface area contributed by atoms with Crippen LogP contribution in [0.25, 0.3) is 22.3 Å². The van der Waals surface area contributed by atoms with Gasteiger partial charge in [-0.05, 0) is 49.4 Å². The van der Waals surface area contributed by atoms with Gasteiger partial charge in [-0.2, -0.15) is 18.4 Å². The smallest absolute Gasteiger partial charge is 0.419 e. The second-order valence-corrected chi connectivity index (χ2v) is 9.46. The van der Waals surface area contributed by atoms with E-state index < -0.39 is 11.7 Å². The third kappa shape index (κ3) is 5.30. The molecule has 0 atom stereocenters. The molecule has 1 saturated heterocycles. The Morgan fingerprint density at radius 2 is 1.97 bits per heavy atom. The molecule has 1 amide bonds. The van der Waals surface area contributed by atoms with Gasteiger partial charge in [0.1, 0.15) is 17.3 Å². The van der Waals surface area contributed by atoms with E-state index >= 15 is 0 Å². The lowest BCUT2D eigenvalue weighted by molar-refractivity contribution is -0.139. The minimum Gasteiger partial charge on any atom is -0.493 e. The van der Waals surface area contributed by atoms with Crippen LogP contribution in [0.5, 0.6) is 5.75 Å². The lowest BCUT2D eigenvalue weighted by Gasteiger charge is -2.33. The van der Waals surface area contributed by atoms with Gasteiger partial charge in [0.2, 0.25) is 5.91 Å². The van der Waals surface area contributed by atoms with E-state index in [0.29, 0.717) is 36.5 Å². The fourth-order valence-corrected chi connectivity index (χ4v) is 4.53. The summed E-state index contributed by atoms with van der Waals surface area (Å²) in [4.78, 5) is 22.4. The Labute approximate surface area is 207 Å². The number of amides is 1. The van der Waals surface area contributed by atoms with Gasteiger partial charge in [-0.1, -0.05) is 13.8 Å². The van der Waals surface area contributed by atoms with Crippen molar-refractivity contribution in [1.82, 2.24) is 19.4 Å². The Morgan fingerprint density at radius 1 is 1.25 bits per heavy atom. The number of rotatable bonds is 6. The maximum Gasteiger partial charge on any atom is 0.419 e. The molecule has 7 nitrogen and oxygen atoms in total. The van der Waals surface area contributed by atoms with E-state index in [1.807, 2.05) is 24.8 Å². The zero-order valence-electron chi connectivity index (χ0n) is 20.5. The molecule has 0 saturated carbocycles. The summed E-state index contributed by atoms with van der Waals surface area (Å²) in [5.41, 5.74) is 0.658. The van der Waals surface area contributed by atoms with Crippen molar-refractivity contribution in [2.24, 2.45) is 18.9 Å². The summed E-state index contributed by atoms with van der Waals surface area (Å²) >= 11 is 0. The van der Waals surface area contributed by atoms with Crippen molar-refractivity contribution in [3.63, 3.8) is 0 Å². The summed E-state index contributed by atoms with van der Waals surface area (Å²) in [6.45, 7) is 5.25. The van der Waals surface area contributed by atoms with E-state index in [0.717, 1.165) is 18.9 Å². The Morgan fingerprint density at radius 3 is 2.61 bits per heavy atom. The number of hydrogen-bond acceptors (Lipinski definition) is 5. The number of carbonyl (C=O) groups is 1. The van der Waals surface area contributed by atoms with Crippen LogP contribution in [0.3, 0.4) is 0 Å². The second-order valence-electron chi connectivity index (χ2n) is 9.46. The van der Waals surface area contributed by atoms with Crippen molar-refractivity contribution in [2.45, 2.75) is 39.3 Å². The SMILES string of the molecule is CC(C)C(=O)N1CCC(CCOc2ccc(-c3cc4c(ncn4C)c(C#N)n3)cc2C(F)(F)F)CC1. The highest BCUT2D eigenvalue weighted by atomic mass is 19.4. The minimum atomic E-state index is -4.62. The highest BCUT2D eigenvalue weighted by molar-refractivity contribution is 5.84. The topological polar surface area (TPSA) is 84.0 Å². The van der Waals surface area contributed by atoms with Gasteiger partial charge in [0.25, 0.3) is 0 Å².